The standard InChI is InChI=1S/C8H14BrN3O/c1-3-13-5-6(2)12-8(10)7(9)4-11-12/h4,6H,3,5,10H2,1-2H3. The van der Waals surface area contributed by atoms with Gasteiger partial charge >= 0.3 is 0 Å². The predicted molar refractivity (Wildman–Crippen MR) is 55.5 cm³/mol. The number of aromatic nitrogens is 2. The second-order valence-corrected chi connectivity index (χ2v) is 3.69. The second kappa shape index (κ2) is 4.62. The van der Waals surface area contributed by atoms with Crippen molar-refractivity contribution >= 4 is 21.7 Å². The number of halogens is 1. The van der Waals surface area contributed by atoms with Crippen molar-refractivity contribution in [2.75, 3.05) is 18.9 Å². The molecule has 1 atom stereocenters. The number of nitrogens with zero attached hydrogens (tertiary/aromatic N) is 2. The first-order valence-electron chi connectivity index (χ1n) is 4.23. The molecule has 1 unspecified atom stereocenters. The van der Waals surface area contributed by atoms with Crippen LogP contribution in [-0.4, -0.2) is 23.0 Å². The minimum atomic E-state index is 0.172. The van der Waals surface area contributed by atoms with Crippen molar-refractivity contribution in [3.05, 3.63) is 10.7 Å². The molecular formula is C8H14BrN3O. The van der Waals surface area contributed by atoms with E-state index in [1.807, 2.05) is 13.8 Å². The molecule has 0 saturated heterocycles. The maximum Gasteiger partial charge on any atom is 0.136 e. The maximum absolute atomic E-state index is 5.77. The highest BCUT2D eigenvalue weighted by Gasteiger charge is 2.10. The van der Waals surface area contributed by atoms with Gasteiger partial charge in [0.1, 0.15) is 5.82 Å². The van der Waals surface area contributed by atoms with E-state index < -0.39 is 0 Å². The summed E-state index contributed by atoms with van der Waals surface area (Å²) in [6.07, 6.45) is 1.69. The number of ether oxygens (including phenoxy) is 1. The Morgan fingerprint density at radius 3 is 2.92 bits per heavy atom. The average Bonchev–Trinajstić information content (AvgIpc) is 2.44. The van der Waals surface area contributed by atoms with E-state index in [1.165, 1.54) is 0 Å². The van der Waals surface area contributed by atoms with Crippen molar-refractivity contribution in [2.45, 2.75) is 19.9 Å². The third kappa shape index (κ3) is 2.45. The minimum Gasteiger partial charge on any atom is -0.383 e. The summed E-state index contributed by atoms with van der Waals surface area (Å²) in [7, 11) is 0. The van der Waals surface area contributed by atoms with Crippen LogP contribution in [0.5, 0.6) is 0 Å². The monoisotopic (exact) mass is 247 g/mol. The number of anilines is 1. The zero-order valence-corrected chi connectivity index (χ0v) is 9.41. The predicted octanol–water partition coefficient (Wildman–Crippen LogP) is 1.83. The number of hydrogen-bond acceptors (Lipinski definition) is 3. The number of rotatable bonds is 4. The van der Waals surface area contributed by atoms with E-state index in [9.17, 15) is 0 Å². The Bertz CT molecular complexity index is 274. The maximum atomic E-state index is 5.77. The third-order valence-electron chi connectivity index (χ3n) is 1.77. The summed E-state index contributed by atoms with van der Waals surface area (Å²) in [4.78, 5) is 0. The Labute approximate surface area is 86.2 Å². The van der Waals surface area contributed by atoms with E-state index in [4.69, 9.17) is 10.5 Å². The van der Waals surface area contributed by atoms with Crippen LogP contribution in [0.25, 0.3) is 0 Å². The molecule has 0 bridgehead atoms. The molecule has 13 heavy (non-hydrogen) atoms. The van der Waals surface area contributed by atoms with Crippen LogP contribution >= 0.6 is 15.9 Å². The molecule has 5 heteroatoms. The lowest BCUT2D eigenvalue weighted by atomic mass is 10.4. The Balaban J connectivity index is 2.65. The van der Waals surface area contributed by atoms with E-state index in [2.05, 4.69) is 21.0 Å². The molecule has 74 valence electrons. The van der Waals surface area contributed by atoms with Gasteiger partial charge in [0.05, 0.1) is 23.3 Å². The van der Waals surface area contributed by atoms with Crippen LogP contribution in [0.15, 0.2) is 10.7 Å². The minimum absolute atomic E-state index is 0.172. The molecule has 0 fully saturated rings. The van der Waals surface area contributed by atoms with Crippen molar-refractivity contribution in [3.63, 3.8) is 0 Å². The van der Waals surface area contributed by atoms with Gasteiger partial charge in [0.25, 0.3) is 0 Å². The molecule has 0 aliphatic carbocycles. The lowest BCUT2D eigenvalue weighted by Crippen LogP contribution is -2.15. The van der Waals surface area contributed by atoms with Crippen molar-refractivity contribution in [1.29, 1.82) is 0 Å². The van der Waals surface area contributed by atoms with Gasteiger partial charge in [-0.15, -0.1) is 0 Å². The fourth-order valence-electron chi connectivity index (χ4n) is 1.06. The number of nitrogens with two attached hydrogens (primary N) is 1. The van der Waals surface area contributed by atoms with Crippen molar-refractivity contribution in [3.8, 4) is 0 Å². The van der Waals surface area contributed by atoms with E-state index in [0.717, 1.165) is 4.47 Å². The van der Waals surface area contributed by atoms with E-state index >= 15 is 0 Å². The molecule has 0 amide bonds. The van der Waals surface area contributed by atoms with Crippen LogP contribution in [-0.2, 0) is 4.74 Å². The van der Waals surface area contributed by atoms with Gasteiger partial charge in [-0.3, -0.25) is 0 Å². The van der Waals surface area contributed by atoms with E-state index in [-0.39, 0.29) is 6.04 Å². The van der Waals surface area contributed by atoms with Crippen molar-refractivity contribution in [1.82, 2.24) is 9.78 Å². The van der Waals surface area contributed by atoms with Gasteiger partial charge in [-0.05, 0) is 29.8 Å². The summed E-state index contributed by atoms with van der Waals surface area (Å²) in [6.45, 7) is 5.34. The quantitative estimate of drug-likeness (QED) is 0.884. The van der Waals surface area contributed by atoms with Crippen LogP contribution in [0.1, 0.15) is 19.9 Å². The second-order valence-electron chi connectivity index (χ2n) is 2.83. The summed E-state index contributed by atoms with van der Waals surface area (Å²) in [6, 6.07) is 0.172. The molecular weight excluding hydrogens is 234 g/mol. The molecule has 4 nitrogen and oxygen atoms in total. The lowest BCUT2D eigenvalue weighted by molar-refractivity contribution is 0.115. The molecule has 0 radical (unpaired) electrons. The fraction of sp³-hybridized carbons (Fsp3) is 0.625. The first kappa shape index (κ1) is 10.5. The van der Waals surface area contributed by atoms with Gasteiger partial charge in [-0.2, -0.15) is 5.10 Å². The van der Waals surface area contributed by atoms with Crippen LogP contribution in [0.4, 0.5) is 5.82 Å². The van der Waals surface area contributed by atoms with E-state index in [0.29, 0.717) is 19.0 Å². The largest absolute Gasteiger partial charge is 0.383 e. The molecule has 0 spiro atoms. The summed E-state index contributed by atoms with van der Waals surface area (Å²) in [5.41, 5.74) is 5.77. The van der Waals surface area contributed by atoms with Gasteiger partial charge < -0.3 is 10.5 Å². The Kier molecular flexibility index (Phi) is 3.74. The Morgan fingerprint density at radius 2 is 2.46 bits per heavy atom. The zero-order valence-electron chi connectivity index (χ0n) is 7.83. The molecule has 1 aromatic rings. The first-order chi connectivity index (χ1) is 6.16. The van der Waals surface area contributed by atoms with Crippen LogP contribution in [0, 0.1) is 0 Å². The summed E-state index contributed by atoms with van der Waals surface area (Å²) >= 11 is 3.30. The third-order valence-corrected chi connectivity index (χ3v) is 2.38. The average molecular weight is 248 g/mol. The zero-order chi connectivity index (χ0) is 9.84. The molecule has 2 N–H and O–H groups in total. The molecule has 0 aromatic carbocycles. The normalized spacial score (nSPS) is 13.2. The topological polar surface area (TPSA) is 53.1 Å². The highest BCUT2D eigenvalue weighted by atomic mass is 79.9. The van der Waals surface area contributed by atoms with Crippen LogP contribution in [0.3, 0.4) is 0 Å². The Hall–Kier alpha value is -0.550. The van der Waals surface area contributed by atoms with Gasteiger partial charge in [0, 0.05) is 6.61 Å². The summed E-state index contributed by atoms with van der Waals surface area (Å²) in [5, 5.41) is 4.13. The molecule has 1 rings (SSSR count). The van der Waals surface area contributed by atoms with Crippen LogP contribution in [0.2, 0.25) is 0 Å². The molecule has 0 aliphatic heterocycles. The highest BCUT2D eigenvalue weighted by Crippen LogP contribution is 2.21. The highest BCUT2D eigenvalue weighted by molar-refractivity contribution is 9.10. The summed E-state index contributed by atoms with van der Waals surface area (Å²) < 4.78 is 7.86. The molecule has 0 saturated carbocycles. The Morgan fingerprint density at radius 1 is 1.77 bits per heavy atom. The number of nitrogen functional groups attached to an aromatic ring is 1. The SMILES string of the molecule is CCOCC(C)n1ncc(Br)c1N. The van der Waals surface area contributed by atoms with Crippen molar-refractivity contribution in [2.24, 2.45) is 0 Å². The molecule has 0 aliphatic rings. The molecule has 1 heterocycles. The van der Waals surface area contributed by atoms with Gasteiger partial charge in [0.15, 0.2) is 0 Å². The van der Waals surface area contributed by atoms with E-state index in [1.54, 1.807) is 10.9 Å². The fourth-order valence-corrected chi connectivity index (χ4v) is 1.33. The van der Waals surface area contributed by atoms with Gasteiger partial charge in [-0.25, -0.2) is 4.68 Å². The first-order valence-corrected chi connectivity index (χ1v) is 5.02. The molecule has 1 aromatic heterocycles. The van der Waals surface area contributed by atoms with Gasteiger partial charge in [-0.1, -0.05) is 0 Å². The van der Waals surface area contributed by atoms with Crippen molar-refractivity contribution < 1.29 is 4.74 Å². The lowest BCUT2D eigenvalue weighted by Gasteiger charge is -2.13. The van der Waals surface area contributed by atoms with Gasteiger partial charge in [0.2, 0.25) is 0 Å². The van der Waals surface area contributed by atoms with Crippen LogP contribution < -0.4 is 5.73 Å². The smallest absolute Gasteiger partial charge is 0.136 e. The summed E-state index contributed by atoms with van der Waals surface area (Å²) in [5.74, 6) is 0.646. The number of hydrogen-bond donors (Lipinski definition) is 1.